The van der Waals surface area contributed by atoms with Crippen molar-refractivity contribution in [3.05, 3.63) is 35.4 Å². The first-order valence-corrected chi connectivity index (χ1v) is 7.89. The van der Waals surface area contributed by atoms with E-state index in [1.165, 1.54) is 32.1 Å². The molecule has 1 atom stereocenters. The van der Waals surface area contributed by atoms with Gasteiger partial charge < -0.3 is 10.6 Å². The summed E-state index contributed by atoms with van der Waals surface area (Å²) in [5.41, 5.74) is 7.50. The molecule has 1 unspecified atom stereocenters. The van der Waals surface area contributed by atoms with Gasteiger partial charge in [0, 0.05) is 24.7 Å². The molecule has 1 saturated carbocycles. The lowest BCUT2D eigenvalue weighted by Gasteiger charge is -2.29. The number of carbonyl (C=O) groups excluding carboxylic acids is 1. The predicted molar refractivity (Wildman–Crippen MR) is 87.6 cm³/mol. The fraction of sp³-hybridized carbons (Fsp3) is 0.588. The van der Waals surface area contributed by atoms with Crippen LogP contribution < -0.4 is 5.73 Å². The molecule has 2 aliphatic rings. The predicted octanol–water partition coefficient (Wildman–Crippen LogP) is 3.36. The molecule has 0 aromatic heterocycles. The molecule has 3 nitrogen and oxygen atoms in total. The van der Waals surface area contributed by atoms with Crippen LogP contribution in [0.15, 0.2) is 24.3 Å². The average molecular weight is 309 g/mol. The Morgan fingerprint density at radius 1 is 1.10 bits per heavy atom. The lowest BCUT2D eigenvalue weighted by atomic mass is 9.95. The number of hydrogen-bond donors (Lipinski definition) is 1. The Morgan fingerprint density at radius 2 is 1.76 bits per heavy atom. The fourth-order valence-corrected chi connectivity index (χ4v) is 3.83. The number of halogens is 1. The molecule has 1 amide bonds. The maximum absolute atomic E-state index is 12.7. The second kappa shape index (κ2) is 7.28. The number of hydrogen-bond acceptors (Lipinski definition) is 2. The van der Waals surface area contributed by atoms with Crippen molar-refractivity contribution in [2.75, 3.05) is 6.54 Å². The molecule has 0 radical (unpaired) electrons. The van der Waals surface area contributed by atoms with Gasteiger partial charge in [-0.2, -0.15) is 0 Å². The lowest BCUT2D eigenvalue weighted by Crippen LogP contribution is -2.39. The standard InChI is InChI=1S/C17H24N2O.ClH/c18-12-13-7-9-15(10-8-13)17(20)19-11-3-6-16(19)14-4-1-2-5-14;/h7-10,14,16H,1-6,11-12,18H2;1H. The van der Waals surface area contributed by atoms with Gasteiger partial charge in [-0.25, -0.2) is 0 Å². The van der Waals surface area contributed by atoms with Crippen molar-refractivity contribution in [2.24, 2.45) is 11.7 Å². The Kier molecular flexibility index (Phi) is 5.65. The largest absolute Gasteiger partial charge is 0.335 e. The Bertz CT molecular complexity index is 468. The summed E-state index contributed by atoms with van der Waals surface area (Å²) < 4.78 is 0. The average Bonchev–Trinajstić information content (AvgIpc) is 3.16. The van der Waals surface area contributed by atoms with Crippen LogP contribution in [0.1, 0.15) is 54.4 Å². The van der Waals surface area contributed by atoms with Gasteiger partial charge in [-0.1, -0.05) is 25.0 Å². The van der Waals surface area contributed by atoms with E-state index in [9.17, 15) is 4.79 Å². The summed E-state index contributed by atoms with van der Waals surface area (Å²) in [4.78, 5) is 14.8. The van der Waals surface area contributed by atoms with Crippen LogP contribution >= 0.6 is 12.4 Å². The third-order valence-electron chi connectivity index (χ3n) is 4.94. The van der Waals surface area contributed by atoms with Crippen molar-refractivity contribution < 1.29 is 4.79 Å². The zero-order valence-electron chi connectivity index (χ0n) is 12.5. The molecule has 2 N–H and O–H groups in total. The number of likely N-dealkylation sites (tertiary alicyclic amines) is 1. The van der Waals surface area contributed by atoms with Crippen molar-refractivity contribution in [3.63, 3.8) is 0 Å². The van der Waals surface area contributed by atoms with E-state index in [2.05, 4.69) is 4.90 Å². The smallest absolute Gasteiger partial charge is 0.254 e. The maximum Gasteiger partial charge on any atom is 0.254 e. The van der Waals surface area contributed by atoms with Gasteiger partial charge in [0.2, 0.25) is 0 Å². The molecular formula is C17H25ClN2O. The molecule has 1 aromatic carbocycles. The van der Waals surface area contributed by atoms with Gasteiger partial charge >= 0.3 is 0 Å². The summed E-state index contributed by atoms with van der Waals surface area (Å²) in [5.74, 6) is 0.952. The number of amides is 1. The van der Waals surface area contributed by atoms with Crippen molar-refractivity contribution in [1.29, 1.82) is 0 Å². The fourth-order valence-electron chi connectivity index (χ4n) is 3.83. The second-order valence-corrected chi connectivity index (χ2v) is 6.15. The van der Waals surface area contributed by atoms with E-state index in [1.54, 1.807) is 0 Å². The summed E-state index contributed by atoms with van der Waals surface area (Å²) in [6, 6.07) is 8.27. The SMILES string of the molecule is Cl.NCc1ccc(C(=O)N2CCCC2C2CCCC2)cc1. The number of nitrogens with two attached hydrogens (primary N) is 1. The van der Waals surface area contributed by atoms with E-state index in [4.69, 9.17) is 5.73 Å². The van der Waals surface area contributed by atoms with Crippen molar-refractivity contribution >= 4 is 18.3 Å². The summed E-state index contributed by atoms with van der Waals surface area (Å²) in [6.45, 7) is 1.46. The van der Waals surface area contributed by atoms with Crippen LogP contribution in [0, 0.1) is 5.92 Å². The lowest BCUT2D eigenvalue weighted by molar-refractivity contribution is 0.0689. The first-order chi connectivity index (χ1) is 9.79. The highest BCUT2D eigenvalue weighted by atomic mass is 35.5. The Hall–Kier alpha value is -1.06. The molecule has 1 heterocycles. The van der Waals surface area contributed by atoms with E-state index >= 15 is 0 Å². The normalized spacial score (nSPS) is 22.3. The molecule has 4 heteroatoms. The van der Waals surface area contributed by atoms with Crippen LogP contribution in [-0.2, 0) is 6.54 Å². The molecule has 21 heavy (non-hydrogen) atoms. The molecular weight excluding hydrogens is 284 g/mol. The molecule has 116 valence electrons. The number of carbonyl (C=O) groups is 1. The Balaban J connectivity index is 0.00000161. The summed E-state index contributed by atoms with van der Waals surface area (Å²) in [6.07, 6.45) is 7.65. The molecule has 0 bridgehead atoms. The minimum absolute atomic E-state index is 0. The minimum Gasteiger partial charge on any atom is -0.335 e. The summed E-state index contributed by atoms with van der Waals surface area (Å²) in [7, 11) is 0. The molecule has 1 aliphatic carbocycles. The van der Waals surface area contributed by atoms with Crippen molar-refractivity contribution in [2.45, 2.75) is 51.1 Å². The first-order valence-electron chi connectivity index (χ1n) is 7.89. The number of benzene rings is 1. The van der Waals surface area contributed by atoms with Gasteiger partial charge in [-0.15, -0.1) is 12.4 Å². The second-order valence-electron chi connectivity index (χ2n) is 6.15. The highest BCUT2D eigenvalue weighted by molar-refractivity contribution is 5.94. The molecule has 0 spiro atoms. The van der Waals surface area contributed by atoms with E-state index in [1.807, 2.05) is 24.3 Å². The zero-order chi connectivity index (χ0) is 13.9. The third-order valence-corrected chi connectivity index (χ3v) is 4.94. The molecule has 3 rings (SSSR count). The Labute approximate surface area is 133 Å². The number of rotatable bonds is 3. The van der Waals surface area contributed by atoms with E-state index in [0.29, 0.717) is 12.6 Å². The maximum atomic E-state index is 12.7. The monoisotopic (exact) mass is 308 g/mol. The number of nitrogens with zero attached hydrogens (tertiary/aromatic N) is 1. The summed E-state index contributed by atoms with van der Waals surface area (Å²) >= 11 is 0. The van der Waals surface area contributed by atoms with Crippen LogP contribution in [0.4, 0.5) is 0 Å². The Morgan fingerprint density at radius 3 is 2.38 bits per heavy atom. The van der Waals surface area contributed by atoms with Gasteiger partial charge in [0.1, 0.15) is 0 Å². The van der Waals surface area contributed by atoms with Gasteiger partial charge in [-0.3, -0.25) is 4.79 Å². The molecule has 1 aromatic rings. The van der Waals surface area contributed by atoms with Gasteiger partial charge in [0.05, 0.1) is 0 Å². The topological polar surface area (TPSA) is 46.3 Å². The molecule has 2 fully saturated rings. The van der Waals surface area contributed by atoms with Crippen molar-refractivity contribution in [3.8, 4) is 0 Å². The highest BCUT2D eigenvalue weighted by Gasteiger charge is 2.36. The van der Waals surface area contributed by atoms with Gasteiger partial charge in [0.25, 0.3) is 5.91 Å². The van der Waals surface area contributed by atoms with Crippen molar-refractivity contribution in [1.82, 2.24) is 4.90 Å². The van der Waals surface area contributed by atoms with E-state index < -0.39 is 0 Å². The van der Waals surface area contributed by atoms with Crippen LogP contribution in [-0.4, -0.2) is 23.4 Å². The zero-order valence-corrected chi connectivity index (χ0v) is 13.3. The van der Waals surface area contributed by atoms with Crippen LogP contribution in [0.5, 0.6) is 0 Å². The van der Waals surface area contributed by atoms with Crippen LogP contribution in [0.25, 0.3) is 0 Å². The summed E-state index contributed by atoms with van der Waals surface area (Å²) in [5, 5.41) is 0. The van der Waals surface area contributed by atoms with Gasteiger partial charge in [0.15, 0.2) is 0 Å². The van der Waals surface area contributed by atoms with E-state index in [0.717, 1.165) is 30.0 Å². The first kappa shape index (κ1) is 16.3. The van der Waals surface area contributed by atoms with E-state index in [-0.39, 0.29) is 18.3 Å². The quantitative estimate of drug-likeness (QED) is 0.930. The van der Waals surface area contributed by atoms with Crippen LogP contribution in [0.3, 0.4) is 0 Å². The van der Waals surface area contributed by atoms with Gasteiger partial charge in [-0.05, 0) is 49.3 Å². The molecule has 1 saturated heterocycles. The highest BCUT2D eigenvalue weighted by Crippen LogP contribution is 2.36. The minimum atomic E-state index is 0. The van der Waals surface area contributed by atoms with Crippen LogP contribution in [0.2, 0.25) is 0 Å². The third kappa shape index (κ3) is 3.41. The molecule has 1 aliphatic heterocycles.